The summed E-state index contributed by atoms with van der Waals surface area (Å²) in [6.07, 6.45) is -0.830. The maximum atomic E-state index is 12.7. The molecule has 1 aliphatic heterocycles. The molecule has 0 unspecified atom stereocenters. The lowest BCUT2D eigenvalue weighted by molar-refractivity contribution is -0.152. The minimum Gasteiger partial charge on any atom is -0.464 e. The number of carbonyl (C=O) groups excluding carboxylic acids is 3. The zero-order valence-electron chi connectivity index (χ0n) is 15.0. The Bertz CT molecular complexity index is 840. The Morgan fingerprint density at radius 2 is 1.70 bits per heavy atom. The van der Waals surface area contributed by atoms with E-state index in [2.05, 4.69) is 5.43 Å². The van der Waals surface area contributed by atoms with Gasteiger partial charge in [-0.25, -0.2) is 9.59 Å². The quantitative estimate of drug-likeness (QED) is 0.820. The number of amides is 2. The molecule has 1 N–H and O–H groups in total. The third kappa shape index (κ3) is 3.48. The molecular formula is C20H20N2O5. The van der Waals surface area contributed by atoms with E-state index in [1.807, 2.05) is 6.07 Å². The molecule has 0 bridgehead atoms. The molecule has 0 saturated carbocycles. The fourth-order valence-electron chi connectivity index (χ4n) is 3.05. The van der Waals surface area contributed by atoms with E-state index in [0.29, 0.717) is 11.1 Å². The van der Waals surface area contributed by atoms with Crippen LogP contribution in [0.4, 0.5) is 4.79 Å². The van der Waals surface area contributed by atoms with Crippen LogP contribution in [-0.4, -0.2) is 35.6 Å². The van der Waals surface area contributed by atoms with Crippen LogP contribution in [0, 0.1) is 0 Å². The molecule has 0 aromatic heterocycles. The van der Waals surface area contributed by atoms with Crippen molar-refractivity contribution in [3.8, 4) is 0 Å². The maximum absolute atomic E-state index is 12.7. The van der Waals surface area contributed by atoms with Crippen molar-refractivity contribution in [2.75, 3.05) is 6.61 Å². The normalized spacial score (nSPS) is 21.5. The summed E-state index contributed by atoms with van der Waals surface area (Å²) in [5, 5.41) is 0.903. The highest BCUT2D eigenvalue weighted by Crippen LogP contribution is 2.38. The summed E-state index contributed by atoms with van der Waals surface area (Å²) in [6, 6.07) is 16.1. The molecule has 1 saturated heterocycles. The fraction of sp³-hybridized carbons (Fsp3) is 0.250. The lowest BCUT2D eigenvalue weighted by atomic mass is 9.88. The van der Waals surface area contributed by atoms with Crippen LogP contribution in [0.15, 0.2) is 60.7 Å². The van der Waals surface area contributed by atoms with Crippen molar-refractivity contribution in [2.45, 2.75) is 25.5 Å². The molecule has 1 heterocycles. The average Bonchev–Trinajstić information content (AvgIpc) is 2.94. The van der Waals surface area contributed by atoms with Gasteiger partial charge in [-0.3, -0.25) is 10.2 Å². The van der Waals surface area contributed by atoms with Crippen LogP contribution in [0.2, 0.25) is 0 Å². The number of nitrogens with one attached hydrogen (secondary N) is 1. The van der Waals surface area contributed by atoms with Crippen molar-refractivity contribution in [1.29, 1.82) is 0 Å². The molecule has 1 aliphatic rings. The van der Waals surface area contributed by atoms with Crippen LogP contribution >= 0.6 is 0 Å². The maximum Gasteiger partial charge on any atom is 0.430 e. The Hall–Kier alpha value is -3.35. The topological polar surface area (TPSA) is 84.9 Å². The summed E-state index contributed by atoms with van der Waals surface area (Å²) in [5.41, 5.74) is 2.13. The Morgan fingerprint density at radius 3 is 2.30 bits per heavy atom. The molecule has 27 heavy (non-hydrogen) atoms. The first kappa shape index (κ1) is 18.4. The van der Waals surface area contributed by atoms with Gasteiger partial charge in [-0.2, -0.15) is 5.01 Å². The molecule has 0 aliphatic carbocycles. The highest BCUT2D eigenvalue weighted by Gasteiger charge is 2.57. The van der Waals surface area contributed by atoms with E-state index in [0.717, 1.165) is 5.01 Å². The van der Waals surface area contributed by atoms with Gasteiger partial charge >= 0.3 is 12.1 Å². The predicted molar refractivity (Wildman–Crippen MR) is 96.4 cm³/mol. The Kier molecular flexibility index (Phi) is 5.12. The number of ether oxygens (including phenoxy) is 2. The van der Waals surface area contributed by atoms with Gasteiger partial charge in [0.05, 0.1) is 6.61 Å². The smallest absolute Gasteiger partial charge is 0.430 e. The van der Waals surface area contributed by atoms with E-state index >= 15 is 0 Å². The second-order valence-corrected chi connectivity index (χ2v) is 6.17. The number of benzene rings is 2. The SMILES string of the molecule is CCOC(=O)[C@H]1N(NC(=O)c2ccccc2)C(=O)O[C@]1(C)c1ccccc1. The summed E-state index contributed by atoms with van der Waals surface area (Å²) in [5.74, 6) is -1.19. The molecule has 140 valence electrons. The van der Waals surface area contributed by atoms with Crippen molar-refractivity contribution in [3.63, 3.8) is 0 Å². The minimum absolute atomic E-state index is 0.134. The van der Waals surface area contributed by atoms with Gasteiger partial charge in [0.1, 0.15) is 0 Å². The molecule has 7 heteroatoms. The highest BCUT2D eigenvalue weighted by atomic mass is 16.6. The first-order valence-corrected chi connectivity index (χ1v) is 8.57. The highest BCUT2D eigenvalue weighted by molar-refractivity contribution is 5.96. The molecule has 2 atom stereocenters. The first-order chi connectivity index (χ1) is 13.0. The molecule has 1 fully saturated rings. The van der Waals surface area contributed by atoms with E-state index in [1.54, 1.807) is 68.4 Å². The molecule has 2 amide bonds. The molecule has 2 aromatic rings. The largest absolute Gasteiger partial charge is 0.464 e. The Balaban J connectivity index is 1.95. The summed E-state index contributed by atoms with van der Waals surface area (Å²) in [7, 11) is 0. The van der Waals surface area contributed by atoms with Crippen LogP contribution < -0.4 is 5.43 Å². The fourth-order valence-corrected chi connectivity index (χ4v) is 3.05. The van der Waals surface area contributed by atoms with Crippen LogP contribution in [-0.2, 0) is 19.9 Å². The number of rotatable bonds is 5. The monoisotopic (exact) mass is 368 g/mol. The third-order valence-corrected chi connectivity index (χ3v) is 4.39. The zero-order chi connectivity index (χ0) is 19.4. The third-order valence-electron chi connectivity index (χ3n) is 4.39. The molecule has 0 spiro atoms. The minimum atomic E-state index is -1.31. The number of hydrazine groups is 1. The van der Waals surface area contributed by atoms with Crippen LogP contribution in [0.3, 0.4) is 0 Å². The van der Waals surface area contributed by atoms with Crippen LogP contribution in [0.5, 0.6) is 0 Å². The molecule has 2 aromatic carbocycles. The van der Waals surface area contributed by atoms with E-state index in [4.69, 9.17) is 9.47 Å². The van der Waals surface area contributed by atoms with E-state index in [1.165, 1.54) is 0 Å². The van der Waals surface area contributed by atoms with E-state index < -0.39 is 29.6 Å². The van der Waals surface area contributed by atoms with Crippen molar-refractivity contribution >= 4 is 18.0 Å². The number of cyclic esters (lactones) is 1. The van der Waals surface area contributed by atoms with Gasteiger partial charge in [0.15, 0.2) is 11.6 Å². The summed E-state index contributed by atoms with van der Waals surface area (Å²) >= 11 is 0. The second-order valence-electron chi connectivity index (χ2n) is 6.17. The van der Waals surface area contributed by atoms with Crippen molar-refractivity contribution in [1.82, 2.24) is 10.4 Å². The van der Waals surface area contributed by atoms with Gasteiger partial charge < -0.3 is 9.47 Å². The second kappa shape index (κ2) is 7.49. The summed E-state index contributed by atoms with van der Waals surface area (Å²) < 4.78 is 10.7. The standard InChI is InChI=1S/C20H20N2O5/c1-3-26-18(24)16-20(2,15-12-8-5-9-13-15)27-19(25)22(16)21-17(23)14-10-6-4-7-11-14/h4-13,16H,3H2,1-2H3,(H,21,23)/t16-,20-/m1/s1. The predicted octanol–water partition coefficient (Wildman–Crippen LogP) is 2.63. The lowest BCUT2D eigenvalue weighted by Crippen LogP contribution is -2.55. The molecule has 0 radical (unpaired) electrons. The summed E-state index contributed by atoms with van der Waals surface area (Å²) in [4.78, 5) is 37.7. The zero-order valence-corrected chi connectivity index (χ0v) is 15.0. The Morgan fingerprint density at radius 1 is 1.11 bits per heavy atom. The van der Waals surface area contributed by atoms with Crippen LogP contribution in [0.1, 0.15) is 29.8 Å². The molecule has 3 rings (SSSR count). The molecule has 7 nitrogen and oxygen atoms in total. The Labute approximate surface area is 156 Å². The number of hydrogen-bond acceptors (Lipinski definition) is 5. The number of esters is 1. The number of carbonyl (C=O) groups is 3. The number of hydrogen-bond donors (Lipinski definition) is 1. The first-order valence-electron chi connectivity index (χ1n) is 8.57. The van der Waals surface area contributed by atoms with Crippen molar-refractivity contribution in [3.05, 3.63) is 71.8 Å². The summed E-state index contributed by atoms with van der Waals surface area (Å²) in [6.45, 7) is 3.42. The van der Waals surface area contributed by atoms with Crippen molar-refractivity contribution in [2.24, 2.45) is 0 Å². The van der Waals surface area contributed by atoms with Gasteiger partial charge in [0, 0.05) is 5.56 Å². The lowest BCUT2D eigenvalue weighted by Gasteiger charge is -2.30. The van der Waals surface area contributed by atoms with Crippen LogP contribution in [0.25, 0.3) is 0 Å². The van der Waals surface area contributed by atoms with Gasteiger partial charge in [-0.1, -0.05) is 48.5 Å². The average molecular weight is 368 g/mol. The van der Waals surface area contributed by atoms with Gasteiger partial charge in [-0.15, -0.1) is 0 Å². The van der Waals surface area contributed by atoms with Gasteiger partial charge in [-0.05, 0) is 31.5 Å². The van der Waals surface area contributed by atoms with E-state index in [9.17, 15) is 14.4 Å². The van der Waals surface area contributed by atoms with Gasteiger partial charge in [0.2, 0.25) is 0 Å². The molecular weight excluding hydrogens is 348 g/mol. The van der Waals surface area contributed by atoms with Gasteiger partial charge in [0.25, 0.3) is 5.91 Å². The van der Waals surface area contributed by atoms with Crippen molar-refractivity contribution < 1.29 is 23.9 Å². The number of nitrogens with zero attached hydrogens (tertiary/aromatic N) is 1. The van der Waals surface area contributed by atoms with E-state index in [-0.39, 0.29) is 6.61 Å².